The van der Waals surface area contributed by atoms with Crippen LogP contribution in [-0.4, -0.2) is 52.3 Å². The number of carbonyl (C=O) groups is 1. The Balaban J connectivity index is 1.41. The van der Waals surface area contributed by atoms with Crippen LogP contribution in [-0.2, 0) is 11.3 Å². The molecule has 0 bridgehead atoms. The number of carboxylic acid groups (broad SMARTS) is 1. The standard InChI is InChI=1S/C30H33N3O4/c1-18-14-27(36-2)25(23-9-12-32-28(18)23)16-33-13-10-20(37-17-19-5-6-19)15-26(33)21-7-8-24(30(34)35)29-22(21)4-3-11-31-29/h3-4,7-9,11-12,14,19-20,26,32H,5-6,10,13,15-17H2,1-2H3,(H,34,35)/t20-,26-/m1/s1. The van der Waals surface area contributed by atoms with Crippen molar-refractivity contribution in [3.05, 3.63) is 71.0 Å². The molecule has 7 heteroatoms. The number of nitrogens with one attached hydrogen (secondary N) is 1. The number of likely N-dealkylation sites (tertiary alicyclic amines) is 1. The molecule has 2 aliphatic rings. The SMILES string of the molecule is COc1cc(C)c2[nH]ccc2c1CN1CC[C@@H](OCC2CC2)C[C@@H]1c1ccc(C(=O)O)c2ncccc12. The number of carboxylic acids is 1. The summed E-state index contributed by atoms with van der Waals surface area (Å²) in [4.78, 5) is 22.3. The van der Waals surface area contributed by atoms with Gasteiger partial charge in [0.25, 0.3) is 0 Å². The Morgan fingerprint density at radius 1 is 1.19 bits per heavy atom. The summed E-state index contributed by atoms with van der Waals surface area (Å²) in [6.45, 7) is 4.54. The van der Waals surface area contributed by atoms with Gasteiger partial charge in [-0.15, -0.1) is 0 Å². The Kier molecular flexibility index (Phi) is 6.34. The molecule has 0 spiro atoms. The molecule has 37 heavy (non-hydrogen) atoms. The van der Waals surface area contributed by atoms with Gasteiger partial charge in [0, 0.05) is 60.0 Å². The summed E-state index contributed by atoms with van der Waals surface area (Å²) in [6.07, 6.45) is 8.20. The van der Waals surface area contributed by atoms with Crippen molar-refractivity contribution in [3.8, 4) is 5.75 Å². The van der Waals surface area contributed by atoms with Gasteiger partial charge in [0.15, 0.2) is 0 Å². The number of nitrogens with zero attached hydrogens (tertiary/aromatic N) is 2. The van der Waals surface area contributed by atoms with Crippen LogP contribution in [0.1, 0.15) is 58.8 Å². The second kappa shape index (κ2) is 9.80. The van der Waals surface area contributed by atoms with Crippen molar-refractivity contribution in [3.63, 3.8) is 0 Å². The number of benzene rings is 2. The van der Waals surface area contributed by atoms with Crippen molar-refractivity contribution in [1.82, 2.24) is 14.9 Å². The first kappa shape index (κ1) is 23.9. The predicted octanol–water partition coefficient (Wildman–Crippen LogP) is 5.86. The molecule has 0 radical (unpaired) electrons. The number of ether oxygens (including phenoxy) is 2. The number of fused-ring (bicyclic) bond motifs is 2. The van der Waals surface area contributed by atoms with E-state index in [1.165, 1.54) is 18.2 Å². The first-order valence-electron chi connectivity index (χ1n) is 13.1. The Morgan fingerprint density at radius 2 is 2.05 bits per heavy atom. The summed E-state index contributed by atoms with van der Waals surface area (Å²) in [5, 5.41) is 11.8. The van der Waals surface area contributed by atoms with Crippen LogP contribution in [0.25, 0.3) is 21.8 Å². The van der Waals surface area contributed by atoms with Crippen LogP contribution in [0.5, 0.6) is 5.75 Å². The van der Waals surface area contributed by atoms with Gasteiger partial charge in [-0.2, -0.15) is 0 Å². The van der Waals surface area contributed by atoms with E-state index in [0.717, 1.165) is 71.8 Å². The van der Waals surface area contributed by atoms with Gasteiger partial charge in [0.05, 0.1) is 24.3 Å². The fraction of sp³-hybridized carbons (Fsp3) is 0.400. The molecule has 2 fully saturated rings. The van der Waals surface area contributed by atoms with Gasteiger partial charge in [0.1, 0.15) is 5.75 Å². The van der Waals surface area contributed by atoms with Crippen molar-refractivity contribution in [2.75, 3.05) is 20.3 Å². The Bertz CT molecular complexity index is 1460. The normalized spacial score (nSPS) is 20.5. The molecule has 1 saturated heterocycles. The lowest BCUT2D eigenvalue weighted by Crippen LogP contribution is -2.39. The number of pyridine rings is 1. The minimum atomic E-state index is -0.958. The number of aromatic amines is 1. The zero-order valence-corrected chi connectivity index (χ0v) is 21.4. The highest BCUT2D eigenvalue weighted by Gasteiger charge is 2.34. The third kappa shape index (κ3) is 4.58. The molecule has 1 saturated carbocycles. The number of aromatic nitrogens is 2. The molecule has 2 aromatic carbocycles. The molecule has 2 N–H and O–H groups in total. The smallest absolute Gasteiger partial charge is 0.337 e. The fourth-order valence-electron chi connectivity index (χ4n) is 5.84. The first-order valence-corrected chi connectivity index (χ1v) is 13.1. The molecule has 4 aromatic rings. The van der Waals surface area contributed by atoms with Crippen molar-refractivity contribution in [2.45, 2.75) is 51.3 Å². The second-order valence-electron chi connectivity index (χ2n) is 10.5. The van der Waals surface area contributed by atoms with Crippen molar-refractivity contribution >= 4 is 27.8 Å². The van der Waals surface area contributed by atoms with Crippen LogP contribution in [0.3, 0.4) is 0 Å². The average molecular weight is 500 g/mol. The van der Waals surface area contributed by atoms with Crippen LogP contribution in [0.2, 0.25) is 0 Å². The van der Waals surface area contributed by atoms with Crippen molar-refractivity contribution < 1.29 is 19.4 Å². The van der Waals surface area contributed by atoms with E-state index in [0.29, 0.717) is 5.52 Å². The number of aromatic carboxylic acids is 1. The third-order valence-corrected chi connectivity index (χ3v) is 8.02. The Morgan fingerprint density at radius 3 is 2.84 bits per heavy atom. The summed E-state index contributed by atoms with van der Waals surface area (Å²) in [7, 11) is 1.73. The molecule has 7 nitrogen and oxygen atoms in total. The average Bonchev–Trinajstić information content (AvgIpc) is 3.61. The Hall–Kier alpha value is -3.42. The van der Waals surface area contributed by atoms with Gasteiger partial charge in [-0.1, -0.05) is 12.1 Å². The monoisotopic (exact) mass is 499 g/mol. The van der Waals surface area contributed by atoms with Gasteiger partial charge >= 0.3 is 5.97 Å². The molecular formula is C30H33N3O4. The fourth-order valence-corrected chi connectivity index (χ4v) is 5.84. The van der Waals surface area contributed by atoms with Crippen LogP contribution >= 0.6 is 0 Å². The molecule has 3 heterocycles. The zero-order valence-electron chi connectivity index (χ0n) is 21.4. The van der Waals surface area contributed by atoms with Crippen LogP contribution < -0.4 is 4.74 Å². The van der Waals surface area contributed by atoms with Gasteiger partial charge in [0.2, 0.25) is 0 Å². The third-order valence-electron chi connectivity index (χ3n) is 8.02. The lowest BCUT2D eigenvalue weighted by Gasteiger charge is -2.40. The van der Waals surface area contributed by atoms with Crippen LogP contribution in [0, 0.1) is 12.8 Å². The summed E-state index contributed by atoms with van der Waals surface area (Å²) < 4.78 is 12.2. The predicted molar refractivity (Wildman–Crippen MR) is 143 cm³/mol. The lowest BCUT2D eigenvalue weighted by atomic mass is 9.89. The highest BCUT2D eigenvalue weighted by Crippen LogP contribution is 2.41. The van der Waals surface area contributed by atoms with E-state index in [4.69, 9.17) is 9.47 Å². The molecule has 0 amide bonds. The molecule has 1 aliphatic heterocycles. The van der Waals surface area contributed by atoms with E-state index >= 15 is 0 Å². The number of rotatable bonds is 8. The second-order valence-corrected chi connectivity index (χ2v) is 10.5. The maximum absolute atomic E-state index is 11.9. The first-order chi connectivity index (χ1) is 18.0. The number of hydrogen-bond acceptors (Lipinski definition) is 5. The van der Waals surface area contributed by atoms with Gasteiger partial charge in [-0.05, 0) is 73.9 Å². The number of methoxy groups -OCH3 is 1. The van der Waals surface area contributed by atoms with Crippen molar-refractivity contribution in [2.24, 2.45) is 5.92 Å². The summed E-state index contributed by atoms with van der Waals surface area (Å²) >= 11 is 0. The van der Waals surface area contributed by atoms with E-state index in [2.05, 4.69) is 33.9 Å². The molecule has 6 rings (SSSR count). The minimum absolute atomic E-state index is 0.0625. The van der Waals surface area contributed by atoms with Gasteiger partial charge < -0.3 is 19.6 Å². The number of hydrogen-bond donors (Lipinski definition) is 2. The van der Waals surface area contributed by atoms with Crippen LogP contribution in [0.4, 0.5) is 0 Å². The zero-order chi connectivity index (χ0) is 25.5. The maximum atomic E-state index is 11.9. The summed E-state index contributed by atoms with van der Waals surface area (Å²) in [6, 6.07) is 11.9. The van der Waals surface area contributed by atoms with Crippen LogP contribution in [0.15, 0.2) is 48.8 Å². The number of H-pyrrole nitrogens is 1. The van der Waals surface area contributed by atoms with E-state index in [1.807, 2.05) is 24.4 Å². The molecular weight excluding hydrogens is 466 g/mol. The highest BCUT2D eigenvalue weighted by molar-refractivity contribution is 6.02. The summed E-state index contributed by atoms with van der Waals surface area (Å²) in [5.74, 6) is 0.652. The largest absolute Gasteiger partial charge is 0.496 e. The maximum Gasteiger partial charge on any atom is 0.337 e. The minimum Gasteiger partial charge on any atom is -0.496 e. The molecule has 0 unspecified atom stereocenters. The number of piperidine rings is 1. The van der Waals surface area contributed by atoms with Gasteiger partial charge in [-0.25, -0.2) is 4.79 Å². The number of aryl methyl sites for hydroxylation is 1. The molecule has 2 atom stereocenters. The topological polar surface area (TPSA) is 87.7 Å². The highest BCUT2D eigenvalue weighted by atomic mass is 16.5. The molecule has 2 aromatic heterocycles. The summed E-state index contributed by atoms with van der Waals surface area (Å²) in [5.41, 5.74) is 5.33. The Labute approximate surface area is 216 Å². The molecule has 1 aliphatic carbocycles. The van der Waals surface area contributed by atoms with E-state index in [1.54, 1.807) is 19.4 Å². The molecule has 192 valence electrons. The van der Waals surface area contributed by atoms with Crippen molar-refractivity contribution in [1.29, 1.82) is 0 Å². The van der Waals surface area contributed by atoms with E-state index in [9.17, 15) is 9.90 Å². The lowest BCUT2D eigenvalue weighted by molar-refractivity contribution is -0.0226. The quantitative estimate of drug-likeness (QED) is 0.316. The van der Waals surface area contributed by atoms with Gasteiger partial charge in [-0.3, -0.25) is 9.88 Å². The van der Waals surface area contributed by atoms with E-state index < -0.39 is 5.97 Å². The van der Waals surface area contributed by atoms with E-state index in [-0.39, 0.29) is 17.7 Å².